The molecular weight excluding hydrogens is 330 g/mol. The summed E-state index contributed by atoms with van der Waals surface area (Å²) in [5.41, 5.74) is 1.16. The Morgan fingerprint density at radius 2 is 1.65 bits per heavy atom. The summed E-state index contributed by atoms with van der Waals surface area (Å²) >= 11 is 0. The topological polar surface area (TPSA) is 64.6 Å². The van der Waals surface area contributed by atoms with E-state index in [1.807, 2.05) is 26.0 Å². The fraction of sp³-hybridized carbons (Fsp3) is 0.333. The van der Waals surface area contributed by atoms with Crippen LogP contribution >= 0.6 is 0 Å². The van der Waals surface area contributed by atoms with Crippen molar-refractivity contribution in [1.82, 2.24) is 0 Å². The van der Waals surface area contributed by atoms with Gasteiger partial charge in [0, 0.05) is 5.56 Å². The van der Waals surface area contributed by atoms with Crippen LogP contribution in [0.25, 0.3) is 0 Å². The molecule has 0 aliphatic rings. The van der Waals surface area contributed by atoms with Crippen molar-refractivity contribution in [2.24, 2.45) is 5.92 Å². The SMILES string of the molecule is CCOc1ccccc1NC(=O)[C@H](OC(=O)[C@@H](C)CC)c1ccccc1. The summed E-state index contributed by atoms with van der Waals surface area (Å²) in [6.45, 7) is 6.05. The smallest absolute Gasteiger partial charge is 0.309 e. The molecule has 2 aromatic rings. The predicted molar refractivity (Wildman–Crippen MR) is 101 cm³/mol. The monoisotopic (exact) mass is 355 g/mol. The van der Waals surface area contributed by atoms with Crippen molar-refractivity contribution in [2.75, 3.05) is 11.9 Å². The molecule has 0 fully saturated rings. The number of carbonyl (C=O) groups excluding carboxylic acids is 2. The first-order valence-corrected chi connectivity index (χ1v) is 8.84. The van der Waals surface area contributed by atoms with Crippen molar-refractivity contribution in [2.45, 2.75) is 33.3 Å². The van der Waals surface area contributed by atoms with Gasteiger partial charge in [-0.3, -0.25) is 9.59 Å². The zero-order valence-corrected chi connectivity index (χ0v) is 15.4. The molecule has 1 amide bonds. The van der Waals surface area contributed by atoms with Crippen LogP contribution in [0.3, 0.4) is 0 Å². The highest BCUT2D eigenvalue weighted by Crippen LogP contribution is 2.27. The Balaban J connectivity index is 2.25. The maximum atomic E-state index is 12.9. The van der Waals surface area contributed by atoms with Gasteiger partial charge in [0.2, 0.25) is 6.10 Å². The average molecular weight is 355 g/mol. The molecule has 1 N–H and O–H groups in total. The van der Waals surface area contributed by atoms with Gasteiger partial charge < -0.3 is 14.8 Å². The molecule has 0 bridgehead atoms. The molecule has 0 aromatic heterocycles. The van der Waals surface area contributed by atoms with Crippen LogP contribution in [-0.4, -0.2) is 18.5 Å². The second kappa shape index (κ2) is 9.61. The maximum absolute atomic E-state index is 12.9. The van der Waals surface area contributed by atoms with E-state index in [0.29, 0.717) is 30.0 Å². The molecule has 0 radical (unpaired) electrons. The molecule has 2 aromatic carbocycles. The zero-order valence-electron chi connectivity index (χ0n) is 15.4. The Bertz CT molecular complexity index is 730. The van der Waals surface area contributed by atoms with Gasteiger partial charge in [-0.2, -0.15) is 0 Å². The van der Waals surface area contributed by atoms with E-state index in [9.17, 15) is 9.59 Å². The van der Waals surface area contributed by atoms with Crippen LogP contribution < -0.4 is 10.1 Å². The number of anilines is 1. The lowest BCUT2D eigenvalue weighted by molar-refractivity contribution is -0.158. The molecule has 0 saturated carbocycles. The lowest BCUT2D eigenvalue weighted by atomic mass is 10.1. The number of amides is 1. The molecule has 26 heavy (non-hydrogen) atoms. The van der Waals surface area contributed by atoms with E-state index in [1.165, 1.54) is 0 Å². The highest BCUT2D eigenvalue weighted by Gasteiger charge is 2.27. The largest absolute Gasteiger partial charge is 0.492 e. The number of hydrogen-bond acceptors (Lipinski definition) is 4. The third kappa shape index (κ3) is 5.09. The molecule has 0 spiro atoms. The van der Waals surface area contributed by atoms with Gasteiger partial charge in [-0.05, 0) is 25.5 Å². The quantitative estimate of drug-likeness (QED) is 0.715. The molecule has 0 aliphatic heterocycles. The summed E-state index contributed by atoms with van der Waals surface area (Å²) in [6, 6.07) is 16.2. The third-order valence-corrected chi connectivity index (χ3v) is 4.03. The summed E-state index contributed by atoms with van der Waals surface area (Å²) in [5, 5.41) is 2.82. The summed E-state index contributed by atoms with van der Waals surface area (Å²) < 4.78 is 11.1. The van der Waals surface area contributed by atoms with E-state index >= 15 is 0 Å². The van der Waals surface area contributed by atoms with Gasteiger partial charge in [0.15, 0.2) is 0 Å². The van der Waals surface area contributed by atoms with Gasteiger partial charge >= 0.3 is 5.97 Å². The minimum atomic E-state index is -1.02. The van der Waals surface area contributed by atoms with E-state index in [0.717, 1.165) is 0 Å². The van der Waals surface area contributed by atoms with Gasteiger partial charge in [0.25, 0.3) is 5.91 Å². The van der Waals surface area contributed by atoms with Crippen LogP contribution in [0.5, 0.6) is 5.75 Å². The molecule has 0 unspecified atom stereocenters. The fourth-order valence-corrected chi connectivity index (χ4v) is 2.35. The standard InChI is InChI=1S/C21H25NO4/c1-4-15(3)21(24)26-19(16-11-7-6-8-12-16)20(23)22-17-13-9-10-14-18(17)25-5-2/h6-15,19H,4-5H2,1-3H3,(H,22,23)/t15-,19+/m0/s1. The molecule has 2 atom stereocenters. The average Bonchev–Trinajstić information content (AvgIpc) is 2.67. The van der Waals surface area contributed by atoms with Crippen molar-refractivity contribution in [1.29, 1.82) is 0 Å². The number of nitrogens with one attached hydrogen (secondary N) is 1. The van der Waals surface area contributed by atoms with E-state index in [2.05, 4.69) is 5.32 Å². The Hall–Kier alpha value is -2.82. The molecule has 5 heteroatoms. The maximum Gasteiger partial charge on any atom is 0.309 e. The van der Waals surface area contributed by atoms with Crippen LogP contribution in [0.15, 0.2) is 54.6 Å². The van der Waals surface area contributed by atoms with Gasteiger partial charge in [-0.1, -0.05) is 56.3 Å². The predicted octanol–water partition coefficient (Wildman–Crippen LogP) is 4.35. The first-order valence-electron chi connectivity index (χ1n) is 8.84. The Labute approximate surface area is 154 Å². The number of para-hydroxylation sites is 2. The number of benzene rings is 2. The highest BCUT2D eigenvalue weighted by molar-refractivity contribution is 5.97. The molecular formula is C21H25NO4. The minimum absolute atomic E-state index is 0.273. The molecule has 138 valence electrons. The van der Waals surface area contributed by atoms with Crippen molar-refractivity contribution in [3.05, 3.63) is 60.2 Å². The van der Waals surface area contributed by atoms with E-state index in [4.69, 9.17) is 9.47 Å². The summed E-state index contributed by atoms with van der Waals surface area (Å²) in [4.78, 5) is 25.1. The zero-order chi connectivity index (χ0) is 18.9. The Morgan fingerprint density at radius 3 is 2.31 bits per heavy atom. The Morgan fingerprint density at radius 1 is 1.00 bits per heavy atom. The van der Waals surface area contributed by atoms with E-state index in [-0.39, 0.29) is 5.92 Å². The second-order valence-corrected chi connectivity index (χ2v) is 5.96. The molecule has 0 aliphatic carbocycles. The first kappa shape index (κ1) is 19.5. The first-order chi connectivity index (χ1) is 12.6. The van der Waals surface area contributed by atoms with E-state index < -0.39 is 18.0 Å². The molecule has 0 heterocycles. The van der Waals surface area contributed by atoms with Gasteiger partial charge in [-0.15, -0.1) is 0 Å². The van der Waals surface area contributed by atoms with Crippen LogP contribution in [0, 0.1) is 5.92 Å². The van der Waals surface area contributed by atoms with Crippen LogP contribution in [0.4, 0.5) is 5.69 Å². The van der Waals surface area contributed by atoms with Crippen molar-refractivity contribution < 1.29 is 19.1 Å². The van der Waals surface area contributed by atoms with Crippen molar-refractivity contribution in [3.63, 3.8) is 0 Å². The third-order valence-electron chi connectivity index (χ3n) is 4.03. The lowest BCUT2D eigenvalue weighted by Gasteiger charge is -2.20. The lowest BCUT2D eigenvalue weighted by Crippen LogP contribution is -2.28. The Kier molecular flexibility index (Phi) is 7.21. The second-order valence-electron chi connectivity index (χ2n) is 5.96. The van der Waals surface area contributed by atoms with Gasteiger partial charge in [0.05, 0.1) is 18.2 Å². The number of esters is 1. The normalized spacial score (nSPS) is 12.7. The van der Waals surface area contributed by atoms with Crippen LogP contribution in [0.2, 0.25) is 0 Å². The number of ether oxygens (including phenoxy) is 2. The van der Waals surface area contributed by atoms with Crippen molar-refractivity contribution >= 4 is 17.6 Å². The van der Waals surface area contributed by atoms with Gasteiger partial charge in [-0.25, -0.2) is 0 Å². The van der Waals surface area contributed by atoms with Crippen LogP contribution in [-0.2, 0) is 14.3 Å². The number of rotatable bonds is 8. The van der Waals surface area contributed by atoms with Gasteiger partial charge in [0.1, 0.15) is 5.75 Å². The number of hydrogen-bond donors (Lipinski definition) is 1. The molecule has 5 nitrogen and oxygen atoms in total. The number of carbonyl (C=O) groups is 2. The fourth-order valence-electron chi connectivity index (χ4n) is 2.35. The summed E-state index contributed by atoms with van der Waals surface area (Å²) in [5.74, 6) is -0.511. The summed E-state index contributed by atoms with van der Waals surface area (Å²) in [7, 11) is 0. The van der Waals surface area contributed by atoms with Crippen molar-refractivity contribution in [3.8, 4) is 5.75 Å². The summed E-state index contributed by atoms with van der Waals surface area (Å²) in [6.07, 6.45) is -0.373. The van der Waals surface area contributed by atoms with Crippen LogP contribution in [0.1, 0.15) is 38.9 Å². The molecule has 0 saturated heterocycles. The molecule has 2 rings (SSSR count). The highest BCUT2D eigenvalue weighted by atomic mass is 16.5. The minimum Gasteiger partial charge on any atom is -0.492 e. The van der Waals surface area contributed by atoms with E-state index in [1.54, 1.807) is 49.4 Å².